The van der Waals surface area contributed by atoms with Crippen LogP contribution in [0.5, 0.6) is 5.75 Å². The number of carboxylic acids is 1. The average Bonchev–Trinajstić information content (AvgIpc) is 3.27. The number of carboxylic acid groups (broad SMARTS) is 1. The van der Waals surface area contributed by atoms with Gasteiger partial charge in [0.2, 0.25) is 0 Å². The molecule has 1 aromatic heterocycles. The molecule has 0 radical (unpaired) electrons. The van der Waals surface area contributed by atoms with Crippen LogP contribution in [0, 0.1) is 6.92 Å². The summed E-state index contributed by atoms with van der Waals surface area (Å²) in [5, 5.41) is 9.63. The number of halogens is 3. The van der Waals surface area contributed by atoms with E-state index in [-0.39, 0.29) is 12.5 Å². The first kappa shape index (κ1) is 21.7. The average molecular weight is 466 g/mol. The molecule has 0 bridgehead atoms. The molecule has 9 heteroatoms. The highest BCUT2D eigenvalue weighted by Gasteiger charge is 2.30. The van der Waals surface area contributed by atoms with Crippen molar-refractivity contribution in [1.82, 2.24) is 4.98 Å². The van der Waals surface area contributed by atoms with Crippen molar-refractivity contribution in [2.45, 2.75) is 42.7 Å². The number of thioether (sulfide) groups is 1. The summed E-state index contributed by atoms with van der Waals surface area (Å²) < 4.78 is 44.0. The Kier molecular flexibility index (Phi) is 5.98. The van der Waals surface area contributed by atoms with Crippen LogP contribution in [-0.2, 0) is 23.1 Å². The molecule has 0 aliphatic carbocycles. The summed E-state index contributed by atoms with van der Waals surface area (Å²) in [6.45, 7) is 1.89. The highest BCUT2D eigenvalue weighted by molar-refractivity contribution is 7.98. The minimum atomic E-state index is -4.35. The Balaban J connectivity index is 1.43. The Hall–Kier alpha value is -2.52. The number of aryl methyl sites for hydroxylation is 1. The molecule has 0 fully saturated rings. The maximum absolute atomic E-state index is 12.8. The van der Waals surface area contributed by atoms with Gasteiger partial charge in [-0.15, -0.1) is 23.1 Å². The van der Waals surface area contributed by atoms with E-state index in [1.54, 1.807) is 11.8 Å². The fourth-order valence-corrected chi connectivity index (χ4v) is 5.45. The molecule has 1 atom stereocenters. The number of aliphatic carboxylic acids is 1. The topological polar surface area (TPSA) is 59.4 Å². The van der Waals surface area contributed by atoms with Crippen LogP contribution in [0.3, 0.4) is 0 Å². The lowest BCUT2D eigenvalue weighted by Crippen LogP contribution is -2.17. The van der Waals surface area contributed by atoms with Crippen LogP contribution in [-0.4, -0.2) is 22.2 Å². The lowest BCUT2D eigenvalue weighted by Gasteiger charge is -2.07. The van der Waals surface area contributed by atoms with E-state index in [1.807, 2.05) is 25.1 Å². The zero-order valence-electron chi connectivity index (χ0n) is 16.4. The summed E-state index contributed by atoms with van der Waals surface area (Å²) in [7, 11) is 0. The molecular weight excluding hydrogens is 447 g/mol. The van der Waals surface area contributed by atoms with E-state index in [0.29, 0.717) is 22.7 Å². The molecule has 1 aliphatic rings. The van der Waals surface area contributed by atoms with Gasteiger partial charge in [-0.3, -0.25) is 4.79 Å². The molecule has 3 aromatic rings. The van der Waals surface area contributed by atoms with E-state index >= 15 is 0 Å². The molecule has 0 spiro atoms. The molecular formula is C22H18F3NO3S2. The van der Waals surface area contributed by atoms with Crippen molar-refractivity contribution in [3.8, 4) is 16.3 Å². The van der Waals surface area contributed by atoms with Gasteiger partial charge < -0.3 is 9.84 Å². The van der Waals surface area contributed by atoms with E-state index in [1.165, 1.54) is 23.5 Å². The van der Waals surface area contributed by atoms with Gasteiger partial charge in [-0.1, -0.05) is 18.2 Å². The lowest BCUT2D eigenvalue weighted by atomic mass is 10.1. The fourth-order valence-electron chi connectivity index (χ4n) is 3.31. The van der Waals surface area contributed by atoms with Gasteiger partial charge >= 0.3 is 12.1 Å². The molecule has 4 nitrogen and oxygen atoms in total. The van der Waals surface area contributed by atoms with E-state index in [2.05, 4.69) is 4.98 Å². The minimum Gasteiger partial charge on any atom is -0.489 e. The van der Waals surface area contributed by atoms with Crippen LogP contribution < -0.4 is 4.74 Å². The predicted molar refractivity (Wildman–Crippen MR) is 114 cm³/mol. The van der Waals surface area contributed by atoms with Crippen molar-refractivity contribution >= 4 is 29.1 Å². The predicted octanol–water partition coefficient (Wildman–Crippen LogP) is 6.21. The van der Waals surface area contributed by atoms with Gasteiger partial charge in [-0.05, 0) is 36.8 Å². The second-order valence-corrected chi connectivity index (χ2v) is 9.34. The molecule has 2 aromatic carbocycles. The molecule has 0 saturated heterocycles. The maximum atomic E-state index is 12.8. The quantitative estimate of drug-likeness (QED) is 0.439. The zero-order valence-corrected chi connectivity index (χ0v) is 18.0. The Morgan fingerprint density at radius 1 is 1.26 bits per heavy atom. The third-order valence-electron chi connectivity index (χ3n) is 4.90. The first-order valence-corrected chi connectivity index (χ1v) is 11.3. The molecule has 0 amide bonds. The Morgan fingerprint density at radius 3 is 2.68 bits per heavy atom. The Morgan fingerprint density at radius 2 is 2.00 bits per heavy atom. The van der Waals surface area contributed by atoms with Crippen molar-refractivity contribution in [3.05, 3.63) is 64.2 Å². The molecule has 31 heavy (non-hydrogen) atoms. The van der Waals surface area contributed by atoms with Gasteiger partial charge in [-0.25, -0.2) is 4.98 Å². The van der Waals surface area contributed by atoms with Gasteiger partial charge in [0.15, 0.2) is 0 Å². The standard InChI is InChI=1S/C22H18F3NO3S2/c1-12-19(31-21(26-12)13-2-5-15(6-3-13)22(23,24)25)11-30-17-7-4-14-8-16(9-20(27)28)29-18(14)10-17/h2-7,10,16H,8-9,11H2,1H3,(H,27,28). The smallest absolute Gasteiger partial charge is 0.416 e. The van der Waals surface area contributed by atoms with Gasteiger partial charge in [0, 0.05) is 27.5 Å². The van der Waals surface area contributed by atoms with Crippen LogP contribution in [0.25, 0.3) is 10.6 Å². The molecule has 2 heterocycles. The number of aromatic nitrogens is 1. The van der Waals surface area contributed by atoms with E-state index in [9.17, 15) is 18.0 Å². The van der Waals surface area contributed by atoms with E-state index in [4.69, 9.17) is 9.84 Å². The first-order valence-electron chi connectivity index (χ1n) is 9.47. The number of rotatable bonds is 6. The number of nitrogens with zero attached hydrogens (tertiary/aromatic N) is 1. The molecule has 0 saturated carbocycles. The van der Waals surface area contributed by atoms with Crippen molar-refractivity contribution in [3.63, 3.8) is 0 Å². The second kappa shape index (κ2) is 8.55. The van der Waals surface area contributed by atoms with Crippen LogP contribution in [0.4, 0.5) is 13.2 Å². The SMILES string of the molecule is Cc1nc(-c2ccc(C(F)(F)F)cc2)sc1CSc1ccc2c(c1)OC(CC(=O)O)C2. The molecule has 1 aliphatic heterocycles. The first-order chi connectivity index (χ1) is 14.7. The van der Waals surface area contributed by atoms with E-state index in [0.717, 1.165) is 38.9 Å². The number of hydrogen-bond donors (Lipinski definition) is 1. The van der Waals surface area contributed by atoms with Gasteiger partial charge in [0.25, 0.3) is 0 Å². The largest absolute Gasteiger partial charge is 0.489 e. The van der Waals surface area contributed by atoms with Gasteiger partial charge in [0.1, 0.15) is 16.9 Å². The number of carbonyl (C=O) groups is 1. The number of alkyl halides is 3. The third-order valence-corrected chi connectivity index (χ3v) is 7.31. The molecule has 4 rings (SSSR count). The lowest BCUT2D eigenvalue weighted by molar-refractivity contribution is -0.139. The normalized spacial score (nSPS) is 15.5. The van der Waals surface area contributed by atoms with Crippen molar-refractivity contribution < 1.29 is 27.8 Å². The number of thiazole rings is 1. The fraction of sp³-hybridized carbons (Fsp3) is 0.273. The van der Waals surface area contributed by atoms with Crippen molar-refractivity contribution in [2.75, 3.05) is 0 Å². The monoisotopic (exact) mass is 465 g/mol. The Labute approximate surface area is 185 Å². The molecule has 1 N–H and O–H groups in total. The number of hydrogen-bond acceptors (Lipinski definition) is 5. The number of ether oxygens (including phenoxy) is 1. The van der Waals surface area contributed by atoms with E-state index < -0.39 is 17.7 Å². The number of benzene rings is 2. The van der Waals surface area contributed by atoms with Crippen LogP contribution in [0.2, 0.25) is 0 Å². The van der Waals surface area contributed by atoms with Crippen LogP contribution in [0.1, 0.15) is 28.1 Å². The maximum Gasteiger partial charge on any atom is 0.416 e. The summed E-state index contributed by atoms with van der Waals surface area (Å²) >= 11 is 3.08. The van der Waals surface area contributed by atoms with Crippen molar-refractivity contribution in [1.29, 1.82) is 0 Å². The summed E-state index contributed by atoms with van der Waals surface area (Å²) in [5.41, 5.74) is 1.85. The Bertz CT molecular complexity index is 1110. The van der Waals surface area contributed by atoms with Crippen LogP contribution >= 0.6 is 23.1 Å². The summed E-state index contributed by atoms with van der Waals surface area (Å²) in [4.78, 5) is 17.5. The zero-order chi connectivity index (χ0) is 22.2. The van der Waals surface area contributed by atoms with Gasteiger partial charge in [-0.2, -0.15) is 13.2 Å². The highest BCUT2D eigenvalue weighted by atomic mass is 32.2. The minimum absolute atomic E-state index is 0.0239. The summed E-state index contributed by atoms with van der Waals surface area (Å²) in [5.74, 6) is 0.515. The van der Waals surface area contributed by atoms with Crippen LogP contribution in [0.15, 0.2) is 47.4 Å². The second-order valence-electron chi connectivity index (χ2n) is 7.20. The molecule has 162 valence electrons. The van der Waals surface area contributed by atoms with Crippen molar-refractivity contribution in [2.24, 2.45) is 0 Å². The van der Waals surface area contributed by atoms with Gasteiger partial charge in [0.05, 0.1) is 17.7 Å². The summed E-state index contributed by atoms with van der Waals surface area (Å²) in [6, 6.07) is 10.9. The highest BCUT2D eigenvalue weighted by Crippen LogP contribution is 2.37. The third kappa shape index (κ3) is 5.04. The number of fused-ring (bicyclic) bond motifs is 1. The summed E-state index contributed by atoms with van der Waals surface area (Å²) in [6.07, 6.45) is -4.12. The molecule has 1 unspecified atom stereocenters.